The molecule has 8 nitrogen and oxygen atoms in total. The van der Waals surface area contributed by atoms with E-state index in [1.54, 1.807) is 4.90 Å². The fourth-order valence-electron chi connectivity index (χ4n) is 5.99. The summed E-state index contributed by atoms with van der Waals surface area (Å²) >= 11 is 0. The average Bonchev–Trinajstić information content (AvgIpc) is 3.24. The molecule has 3 aliphatic rings. The van der Waals surface area contributed by atoms with Crippen molar-refractivity contribution >= 4 is 22.6 Å². The molecule has 2 fully saturated rings. The molecule has 6 rings (SSSR count). The SMILES string of the molecule is Cc1cc2[nH]c(-c3n[nH]c4c3C[C@@H]3C[C@]3(C)C4)nc2cc1N(C)C(=O)C(C)N1CCCOCC1. The number of hydrogen-bond acceptors (Lipinski definition) is 5. The molecule has 1 aromatic carbocycles. The molecular weight excluding hydrogens is 428 g/mol. The van der Waals surface area contributed by atoms with Gasteiger partial charge in [0.25, 0.3) is 0 Å². The maximum Gasteiger partial charge on any atom is 0.243 e. The molecular formula is C26H34N6O2. The van der Waals surface area contributed by atoms with Gasteiger partial charge in [0.15, 0.2) is 5.82 Å². The number of fused-ring (bicyclic) bond motifs is 3. The second-order valence-electron chi connectivity index (χ2n) is 10.8. The van der Waals surface area contributed by atoms with Gasteiger partial charge < -0.3 is 14.6 Å². The smallest absolute Gasteiger partial charge is 0.243 e. The van der Waals surface area contributed by atoms with Gasteiger partial charge in [0.1, 0.15) is 5.69 Å². The minimum Gasteiger partial charge on any atom is -0.380 e. The van der Waals surface area contributed by atoms with Gasteiger partial charge in [-0.25, -0.2) is 4.98 Å². The molecule has 2 aliphatic carbocycles. The van der Waals surface area contributed by atoms with Gasteiger partial charge in [0.05, 0.1) is 23.7 Å². The monoisotopic (exact) mass is 462 g/mol. The molecule has 2 aromatic heterocycles. The van der Waals surface area contributed by atoms with Crippen LogP contribution in [0, 0.1) is 18.3 Å². The van der Waals surface area contributed by atoms with Crippen LogP contribution < -0.4 is 4.90 Å². The molecule has 34 heavy (non-hydrogen) atoms. The fraction of sp³-hybridized carbons (Fsp3) is 0.577. The number of aromatic amines is 2. The van der Waals surface area contributed by atoms with Crippen molar-refractivity contribution in [2.75, 3.05) is 38.3 Å². The normalized spacial score (nSPS) is 25.5. The number of hydrogen-bond donors (Lipinski definition) is 2. The minimum absolute atomic E-state index is 0.0916. The number of carbonyl (C=O) groups is 1. The molecule has 3 atom stereocenters. The van der Waals surface area contributed by atoms with Crippen molar-refractivity contribution in [3.05, 3.63) is 29.0 Å². The molecule has 3 heterocycles. The Hall–Kier alpha value is -2.71. The maximum absolute atomic E-state index is 13.4. The largest absolute Gasteiger partial charge is 0.380 e. The molecule has 1 saturated carbocycles. The van der Waals surface area contributed by atoms with Crippen LogP contribution in [0.3, 0.4) is 0 Å². The molecule has 1 saturated heterocycles. The third-order valence-electron chi connectivity index (χ3n) is 8.40. The summed E-state index contributed by atoms with van der Waals surface area (Å²) in [6.45, 7) is 9.55. The number of H-pyrrole nitrogens is 2. The lowest BCUT2D eigenvalue weighted by molar-refractivity contribution is -0.123. The summed E-state index contributed by atoms with van der Waals surface area (Å²) in [5.41, 5.74) is 7.76. The van der Waals surface area contributed by atoms with E-state index in [9.17, 15) is 4.79 Å². The zero-order valence-electron chi connectivity index (χ0n) is 20.6. The molecule has 8 heteroatoms. The topological polar surface area (TPSA) is 90.1 Å². The Bertz CT molecular complexity index is 1250. The number of aromatic nitrogens is 4. The summed E-state index contributed by atoms with van der Waals surface area (Å²) < 4.78 is 5.56. The second kappa shape index (κ2) is 7.92. The van der Waals surface area contributed by atoms with Crippen molar-refractivity contribution in [2.24, 2.45) is 11.3 Å². The number of aryl methyl sites for hydroxylation is 1. The first kappa shape index (κ1) is 21.8. The van der Waals surface area contributed by atoms with E-state index >= 15 is 0 Å². The number of ether oxygens (including phenoxy) is 1. The van der Waals surface area contributed by atoms with E-state index in [0.717, 1.165) is 78.7 Å². The van der Waals surface area contributed by atoms with Crippen LogP contribution in [0.4, 0.5) is 5.69 Å². The first-order valence-electron chi connectivity index (χ1n) is 12.5. The van der Waals surface area contributed by atoms with E-state index in [-0.39, 0.29) is 11.9 Å². The molecule has 2 N–H and O–H groups in total. The van der Waals surface area contributed by atoms with E-state index in [4.69, 9.17) is 9.72 Å². The quantitative estimate of drug-likeness (QED) is 0.620. The van der Waals surface area contributed by atoms with Crippen LogP contribution in [0.25, 0.3) is 22.6 Å². The first-order chi connectivity index (χ1) is 16.3. The third-order valence-corrected chi connectivity index (χ3v) is 8.40. The molecule has 3 aromatic rings. The molecule has 0 spiro atoms. The highest BCUT2D eigenvalue weighted by Gasteiger charge is 2.53. The van der Waals surface area contributed by atoms with Crippen LogP contribution in [0.1, 0.15) is 43.5 Å². The van der Waals surface area contributed by atoms with Crippen molar-refractivity contribution < 1.29 is 9.53 Å². The Kier molecular flexibility index (Phi) is 5.08. The van der Waals surface area contributed by atoms with Crippen LogP contribution in [-0.2, 0) is 22.4 Å². The van der Waals surface area contributed by atoms with E-state index in [1.165, 1.54) is 17.7 Å². The lowest BCUT2D eigenvalue weighted by Crippen LogP contribution is -2.47. The molecule has 180 valence electrons. The maximum atomic E-state index is 13.4. The number of carbonyl (C=O) groups excluding carboxylic acids is 1. The zero-order chi connectivity index (χ0) is 23.6. The number of amides is 1. The Morgan fingerprint density at radius 2 is 2.18 bits per heavy atom. The summed E-state index contributed by atoms with van der Waals surface area (Å²) in [5, 5.41) is 7.92. The lowest BCUT2D eigenvalue weighted by Gasteiger charge is -2.30. The molecule has 1 unspecified atom stereocenters. The van der Waals surface area contributed by atoms with Gasteiger partial charge in [0.2, 0.25) is 5.91 Å². The van der Waals surface area contributed by atoms with Crippen molar-refractivity contribution in [3.8, 4) is 11.5 Å². The number of benzene rings is 1. The lowest BCUT2D eigenvalue weighted by atomic mass is 9.88. The number of nitrogens with one attached hydrogen (secondary N) is 2. The number of anilines is 1. The molecule has 0 radical (unpaired) electrons. The predicted molar refractivity (Wildman–Crippen MR) is 132 cm³/mol. The summed E-state index contributed by atoms with van der Waals surface area (Å²) in [6.07, 6.45) is 4.42. The minimum atomic E-state index is -0.194. The standard InChI is InChI=1S/C26H34N6O2/c1-15-10-19-20(12-22(15)31(4)25(33)16(2)32-6-5-8-34-9-7-32)28-24(27-19)23-18-11-17-13-26(17,3)14-21(18)29-30-23/h10,12,16-17H,5-9,11,13-14H2,1-4H3,(H,27,28)(H,29,30)/t16?,17-,26-/m1/s1. The van der Waals surface area contributed by atoms with Crippen LogP contribution in [0.15, 0.2) is 12.1 Å². The number of nitrogens with zero attached hydrogens (tertiary/aromatic N) is 4. The zero-order valence-corrected chi connectivity index (χ0v) is 20.6. The summed E-state index contributed by atoms with van der Waals surface area (Å²) in [5.74, 6) is 1.67. The number of likely N-dealkylation sites (N-methyl/N-ethyl adjacent to an activating group) is 1. The van der Waals surface area contributed by atoms with E-state index in [1.807, 2.05) is 27.0 Å². The van der Waals surface area contributed by atoms with Crippen LogP contribution >= 0.6 is 0 Å². The van der Waals surface area contributed by atoms with Crippen molar-refractivity contribution in [1.29, 1.82) is 0 Å². The predicted octanol–water partition coefficient (Wildman–Crippen LogP) is 3.46. The van der Waals surface area contributed by atoms with Crippen molar-refractivity contribution in [1.82, 2.24) is 25.1 Å². The Labute approximate surface area is 200 Å². The van der Waals surface area contributed by atoms with Gasteiger partial charge in [-0.2, -0.15) is 5.10 Å². The highest BCUT2D eigenvalue weighted by atomic mass is 16.5. The molecule has 0 bridgehead atoms. The van der Waals surface area contributed by atoms with Crippen molar-refractivity contribution in [2.45, 2.75) is 52.5 Å². The van der Waals surface area contributed by atoms with Gasteiger partial charge in [-0.3, -0.25) is 14.8 Å². The Morgan fingerprint density at radius 1 is 1.32 bits per heavy atom. The summed E-state index contributed by atoms with van der Waals surface area (Å²) in [4.78, 5) is 25.8. The Morgan fingerprint density at radius 3 is 3.03 bits per heavy atom. The summed E-state index contributed by atoms with van der Waals surface area (Å²) in [6, 6.07) is 3.92. The van der Waals surface area contributed by atoms with E-state index in [0.29, 0.717) is 12.0 Å². The van der Waals surface area contributed by atoms with Gasteiger partial charge in [-0.05, 0) is 68.6 Å². The Balaban J connectivity index is 1.28. The van der Waals surface area contributed by atoms with Gasteiger partial charge in [0, 0.05) is 43.7 Å². The molecule has 1 amide bonds. The van der Waals surface area contributed by atoms with E-state index < -0.39 is 0 Å². The van der Waals surface area contributed by atoms with Crippen LogP contribution in [0.2, 0.25) is 0 Å². The van der Waals surface area contributed by atoms with Crippen LogP contribution in [-0.4, -0.2) is 70.4 Å². The van der Waals surface area contributed by atoms with Crippen LogP contribution in [0.5, 0.6) is 0 Å². The second-order valence-corrected chi connectivity index (χ2v) is 10.8. The van der Waals surface area contributed by atoms with Gasteiger partial charge >= 0.3 is 0 Å². The van der Waals surface area contributed by atoms with Gasteiger partial charge in [-0.1, -0.05) is 6.92 Å². The van der Waals surface area contributed by atoms with Gasteiger partial charge in [-0.15, -0.1) is 0 Å². The number of rotatable bonds is 4. The van der Waals surface area contributed by atoms with Crippen molar-refractivity contribution in [3.63, 3.8) is 0 Å². The third kappa shape index (κ3) is 3.55. The number of imidazole rings is 1. The fourth-order valence-corrected chi connectivity index (χ4v) is 5.99. The highest BCUT2D eigenvalue weighted by Crippen LogP contribution is 2.59. The summed E-state index contributed by atoms with van der Waals surface area (Å²) in [7, 11) is 1.87. The average molecular weight is 463 g/mol. The molecule has 1 aliphatic heterocycles. The van der Waals surface area contributed by atoms with E-state index in [2.05, 4.69) is 33.1 Å². The highest BCUT2D eigenvalue weighted by molar-refractivity contribution is 5.99. The first-order valence-corrected chi connectivity index (χ1v) is 12.5.